The molecule has 0 aliphatic rings. The highest BCUT2D eigenvalue weighted by Crippen LogP contribution is 2.41. The van der Waals surface area contributed by atoms with Gasteiger partial charge in [0.2, 0.25) is 0 Å². The molecule has 17 heavy (non-hydrogen) atoms. The molecule has 86 valence electrons. The van der Waals surface area contributed by atoms with Crippen LogP contribution in [0.1, 0.15) is 5.56 Å². The number of fused-ring (bicyclic) bond motifs is 1. The van der Waals surface area contributed by atoms with Crippen LogP contribution in [0, 0.1) is 11.3 Å². The standard InChI is InChI=1S/C11H5Br2ClN2O/c1-17-11-7(13)2-6(12)10-8(11)9(14)5(3-15)4-16-10/h2,4H,1H3. The first-order valence-corrected chi connectivity index (χ1v) is 6.46. The van der Waals surface area contributed by atoms with Crippen molar-refractivity contribution < 1.29 is 4.74 Å². The summed E-state index contributed by atoms with van der Waals surface area (Å²) in [6.07, 6.45) is 1.45. The molecule has 1 aromatic carbocycles. The maximum atomic E-state index is 8.94. The molecule has 1 heterocycles. The smallest absolute Gasteiger partial charge is 0.144 e. The lowest BCUT2D eigenvalue weighted by Gasteiger charge is -2.11. The predicted molar refractivity (Wildman–Crippen MR) is 73.4 cm³/mol. The first kappa shape index (κ1) is 12.6. The average Bonchev–Trinajstić information content (AvgIpc) is 2.30. The van der Waals surface area contributed by atoms with Crippen LogP contribution in [-0.4, -0.2) is 12.1 Å². The summed E-state index contributed by atoms with van der Waals surface area (Å²) in [6, 6.07) is 3.83. The second kappa shape index (κ2) is 4.81. The van der Waals surface area contributed by atoms with Crippen molar-refractivity contribution in [3.63, 3.8) is 0 Å². The van der Waals surface area contributed by atoms with Gasteiger partial charge >= 0.3 is 0 Å². The summed E-state index contributed by atoms with van der Waals surface area (Å²) < 4.78 is 6.82. The molecule has 0 fully saturated rings. The fourth-order valence-electron chi connectivity index (χ4n) is 1.52. The summed E-state index contributed by atoms with van der Waals surface area (Å²) in [5.41, 5.74) is 0.983. The van der Waals surface area contributed by atoms with E-state index < -0.39 is 0 Å². The molecule has 2 rings (SSSR count). The molecule has 0 bridgehead atoms. The van der Waals surface area contributed by atoms with Gasteiger partial charge in [-0.05, 0) is 37.9 Å². The van der Waals surface area contributed by atoms with Gasteiger partial charge in [-0.15, -0.1) is 0 Å². The summed E-state index contributed by atoms with van der Waals surface area (Å²) in [5.74, 6) is 0.567. The van der Waals surface area contributed by atoms with E-state index in [1.807, 2.05) is 12.1 Å². The number of nitrogens with zero attached hydrogens (tertiary/aromatic N) is 2. The Bertz CT molecular complexity index is 647. The van der Waals surface area contributed by atoms with E-state index in [4.69, 9.17) is 21.6 Å². The molecule has 0 N–H and O–H groups in total. The maximum absolute atomic E-state index is 8.94. The van der Waals surface area contributed by atoms with Gasteiger partial charge in [0.25, 0.3) is 0 Å². The molecule has 0 aliphatic carbocycles. The highest BCUT2D eigenvalue weighted by molar-refractivity contribution is 9.11. The number of methoxy groups -OCH3 is 1. The van der Waals surface area contributed by atoms with E-state index in [0.717, 1.165) is 8.95 Å². The molecule has 0 unspecified atom stereocenters. The zero-order valence-corrected chi connectivity index (χ0v) is 12.5. The van der Waals surface area contributed by atoms with Crippen LogP contribution in [0.25, 0.3) is 10.9 Å². The normalized spacial score (nSPS) is 10.3. The van der Waals surface area contributed by atoms with Crippen LogP contribution < -0.4 is 4.74 Å². The second-order valence-corrected chi connectivity index (χ2v) is 5.28. The number of hydrogen-bond acceptors (Lipinski definition) is 3. The zero-order valence-electron chi connectivity index (χ0n) is 8.59. The van der Waals surface area contributed by atoms with Gasteiger partial charge in [0.15, 0.2) is 0 Å². The van der Waals surface area contributed by atoms with Crippen molar-refractivity contribution in [1.29, 1.82) is 5.26 Å². The van der Waals surface area contributed by atoms with Crippen molar-refractivity contribution in [3.8, 4) is 11.8 Å². The summed E-state index contributed by atoms with van der Waals surface area (Å²) in [6.45, 7) is 0. The zero-order chi connectivity index (χ0) is 12.6. The van der Waals surface area contributed by atoms with E-state index >= 15 is 0 Å². The highest BCUT2D eigenvalue weighted by Gasteiger charge is 2.16. The Morgan fingerprint density at radius 1 is 1.41 bits per heavy atom. The van der Waals surface area contributed by atoms with E-state index in [1.54, 1.807) is 7.11 Å². The third kappa shape index (κ3) is 2.01. The molecule has 3 nitrogen and oxygen atoms in total. The van der Waals surface area contributed by atoms with Gasteiger partial charge < -0.3 is 4.74 Å². The number of hydrogen-bond donors (Lipinski definition) is 0. The van der Waals surface area contributed by atoms with Gasteiger partial charge in [-0.2, -0.15) is 5.26 Å². The highest BCUT2D eigenvalue weighted by atomic mass is 79.9. The quantitative estimate of drug-likeness (QED) is 0.746. The molecule has 0 atom stereocenters. The molecule has 0 amide bonds. The van der Waals surface area contributed by atoms with E-state index in [1.165, 1.54) is 6.20 Å². The Kier molecular flexibility index (Phi) is 3.57. The van der Waals surface area contributed by atoms with Crippen molar-refractivity contribution in [1.82, 2.24) is 4.98 Å². The number of nitriles is 1. The lowest BCUT2D eigenvalue weighted by molar-refractivity contribution is 0.417. The monoisotopic (exact) mass is 374 g/mol. The van der Waals surface area contributed by atoms with Gasteiger partial charge in [0.1, 0.15) is 11.8 Å². The lowest BCUT2D eigenvalue weighted by Crippen LogP contribution is -1.92. The maximum Gasteiger partial charge on any atom is 0.144 e. The van der Waals surface area contributed by atoms with Gasteiger partial charge in [-0.25, -0.2) is 0 Å². The van der Waals surface area contributed by atoms with E-state index in [2.05, 4.69) is 36.8 Å². The fourth-order valence-corrected chi connectivity index (χ4v) is 3.21. The van der Waals surface area contributed by atoms with Crippen LogP contribution in [0.3, 0.4) is 0 Å². The summed E-state index contributed by atoms with van der Waals surface area (Å²) >= 11 is 13.0. The van der Waals surface area contributed by atoms with Crippen LogP contribution in [-0.2, 0) is 0 Å². The first-order chi connectivity index (χ1) is 8.10. The molecule has 0 aliphatic heterocycles. The fraction of sp³-hybridized carbons (Fsp3) is 0.0909. The lowest BCUT2D eigenvalue weighted by atomic mass is 10.1. The van der Waals surface area contributed by atoms with Gasteiger partial charge in [0, 0.05) is 10.7 Å². The summed E-state index contributed by atoms with van der Waals surface area (Å²) in [4.78, 5) is 4.21. The minimum Gasteiger partial charge on any atom is -0.495 e. The second-order valence-electron chi connectivity index (χ2n) is 3.19. The summed E-state index contributed by atoms with van der Waals surface area (Å²) in [5, 5.41) is 9.91. The minimum atomic E-state index is 0.322. The number of aromatic nitrogens is 1. The Hall–Kier alpha value is -0.830. The molecule has 0 saturated carbocycles. The van der Waals surface area contributed by atoms with Crippen molar-refractivity contribution in [3.05, 3.63) is 31.8 Å². The summed E-state index contributed by atoms with van der Waals surface area (Å²) in [7, 11) is 1.54. The topological polar surface area (TPSA) is 45.9 Å². The Morgan fingerprint density at radius 3 is 2.71 bits per heavy atom. The number of pyridine rings is 1. The van der Waals surface area contributed by atoms with Crippen molar-refractivity contribution >= 4 is 54.4 Å². The SMILES string of the molecule is COc1c(Br)cc(Br)c2ncc(C#N)c(Cl)c12. The molecular weight excluding hydrogens is 371 g/mol. The molecule has 2 aromatic rings. The largest absolute Gasteiger partial charge is 0.495 e. The van der Waals surface area contributed by atoms with Gasteiger partial charge in [-0.1, -0.05) is 11.6 Å². The van der Waals surface area contributed by atoms with Crippen molar-refractivity contribution in [2.75, 3.05) is 7.11 Å². The predicted octanol–water partition coefficient (Wildman–Crippen LogP) is 4.29. The molecule has 6 heteroatoms. The van der Waals surface area contributed by atoms with Crippen molar-refractivity contribution in [2.45, 2.75) is 0 Å². The van der Waals surface area contributed by atoms with Crippen LogP contribution in [0.4, 0.5) is 0 Å². The number of halogens is 3. The van der Waals surface area contributed by atoms with Crippen LogP contribution in [0.15, 0.2) is 21.2 Å². The van der Waals surface area contributed by atoms with E-state index in [9.17, 15) is 0 Å². The molecule has 0 spiro atoms. The van der Waals surface area contributed by atoms with Gasteiger partial charge in [-0.3, -0.25) is 4.98 Å². The Labute approximate surface area is 120 Å². The third-order valence-electron chi connectivity index (χ3n) is 2.26. The Balaban J connectivity index is 3.02. The Morgan fingerprint density at radius 2 is 2.12 bits per heavy atom. The van der Waals surface area contributed by atoms with Crippen LogP contribution in [0.2, 0.25) is 5.02 Å². The molecule has 0 saturated heterocycles. The number of benzene rings is 1. The van der Waals surface area contributed by atoms with E-state index in [-0.39, 0.29) is 0 Å². The molecule has 1 aromatic heterocycles. The van der Waals surface area contributed by atoms with E-state index in [0.29, 0.717) is 27.2 Å². The first-order valence-electron chi connectivity index (χ1n) is 4.50. The van der Waals surface area contributed by atoms with Gasteiger partial charge in [0.05, 0.1) is 33.1 Å². The molecule has 0 radical (unpaired) electrons. The van der Waals surface area contributed by atoms with Crippen LogP contribution in [0.5, 0.6) is 5.75 Å². The molecular formula is C11H5Br2ClN2O. The van der Waals surface area contributed by atoms with Crippen LogP contribution >= 0.6 is 43.5 Å². The van der Waals surface area contributed by atoms with Crippen molar-refractivity contribution in [2.24, 2.45) is 0 Å². The number of ether oxygens (including phenoxy) is 1. The average molecular weight is 376 g/mol. The third-order valence-corrected chi connectivity index (χ3v) is 3.85. The number of rotatable bonds is 1. The minimum absolute atomic E-state index is 0.322.